The van der Waals surface area contributed by atoms with E-state index in [4.69, 9.17) is 9.84 Å². The number of hydrogen-bond acceptors (Lipinski definition) is 3. The van der Waals surface area contributed by atoms with Crippen LogP contribution in [0.4, 0.5) is 4.79 Å². The highest BCUT2D eigenvalue weighted by Crippen LogP contribution is 2.42. The highest BCUT2D eigenvalue weighted by molar-refractivity contribution is 5.65. The minimum Gasteiger partial charge on any atom is -0.465 e. The molecular formula is C12H22N2O3. The summed E-state index contributed by atoms with van der Waals surface area (Å²) in [5.74, 6) is 0. The third-order valence-electron chi connectivity index (χ3n) is 4.07. The second-order valence-electron chi connectivity index (χ2n) is 5.99. The van der Waals surface area contributed by atoms with Gasteiger partial charge < -0.3 is 20.1 Å². The first-order valence-electron chi connectivity index (χ1n) is 6.22. The molecule has 0 aromatic rings. The van der Waals surface area contributed by atoms with E-state index in [1.807, 2.05) is 0 Å². The van der Waals surface area contributed by atoms with Crippen LogP contribution in [0.1, 0.15) is 27.2 Å². The molecule has 0 aromatic heterocycles. The summed E-state index contributed by atoms with van der Waals surface area (Å²) in [5.41, 5.74) is -0.485. The molecule has 2 saturated heterocycles. The number of nitrogens with zero attached hydrogens (tertiary/aromatic N) is 1. The van der Waals surface area contributed by atoms with Gasteiger partial charge in [-0.05, 0) is 11.8 Å². The Balaban J connectivity index is 2.28. The number of carbonyl (C=O) groups is 1. The Labute approximate surface area is 102 Å². The van der Waals surface area contributed by atoms with Crippen molar-refractivity contribution in [2.24, 2.45) is 5.41 Å². The molecule has 0 bridgehead atoms. The lowest BCUT2D eigenvalue weighted by Gasteiger charge is -2.56. The maximum absolute atomic E-state index is 11.1. The first-order valence-corrected chi connectivity index (χ1v) is 6.22. The zero-order valence-corrected chi connectivity index (χ0v) is 10.8. The van der Waals surface area contributed by atoms with Crippen LogP contribution in [0.15, 0.2) is 0 Å². The largest absolute Gasteiger partial charge is 0.465 e. The third kappa shape index (κ3) is 2.02. The van der Waals surface area contributed by atoms with Crippen molar-refractivity contribution in [1.82, 2.24) is 10.2 Å². The smallest absolute Gasteiger partial charge is 0.407 e. The molecule has 1 amide bonds. The molecule has 0 saturated carbocycles. The molecule has 5 nitrogen and oxygen atoms in total. The molecule has 0 aliphatic carbocycles. The van der Waals surface area contributed by atoms with Gasteiger partial charge in [0.15, 0.2) is 0 Å². The lowest BCUT2D eigenvalue weighted by atomic mass is 9.68. The molecule has 98 valence electrons. The van der Waals surface area contributed by atoms with Crippen LogP contribution >= 0.6 is 0 Å². The average molecular weight is 242 g/mol. The number of ether oxygens (including phenoxy) is 1. The summed E-state index contributed by atoms with van der Waals surface area (Å²) in [7, 11) is 0. The van der Waals surface area contributed by atoms with Gasteiger partial charge in [-0.2, -0.15) is 0 Å². The quantitative estimate of drug-likeness (QED) is 0.669. The summed E-state index contributed by atoms with van der Waals surface area (Å²) in [6, 6.07) is 0.256. The van der Waals surface area contributed by atoms with Gasteiger partial charge in [0.2, 0.25) is 0 Å². The average Bonchev–Trinajstić information content (AvgIpc) is 2.26. The molecule has 2 rings (SSSR count). The first kappa shape index (κ1) is 12.6. The van der Waals surface area contributed by atoms with Crippen molar-refractivity contribution < 1.29 is 14.6 Å². The highest BCUT2D eigenvalue weighted by atomic mass is 16.5. The van der Waals surface area contributed by atoms with E-state index < -0.39 is 11.7 Å². The van der Waals surface area contributed by atoms with Crippen LogP contribution in [0.3, 0.4) is 0 Å². The Bertz CT molecular complexity index is 313. The normalized spacial score (nSPS) is 34.3. The molecule has 2 fully saturated rings. The second-order valence-corrected chi connectivity index (χ2v) is 5.99. The molecule has 2 heterocycles. The standard InChI is InChI=1S/C12H22N2O3/c1-11(2,3)12-8-14(10(15)16)6-4-9(12)13-5-7-17-12/h9,13H,4-8H2,1-3H3,(H,15,16)/t9-,12+/m1/s1. The van der Waals surface area contributed by atoms with Gasteiger partial charge in [-0.1, -0.05) is 20.8 Å². The van der Waals surface area contributed by atoms with Crippen molar-refractivity contribution in [2.45, 2.75) is 38.8 Å². The van der Waals surface area contributed by atoms with Gasteiger partial charge in [-0.25, -0.2) is 4.79 Å². The van der Waals surface area contributed by atoms with Crippen LogP contribution in [0.25, 0.3) is 0 Å². The maximum atomic E-state index is 11.1. The molecule has 0 aromatic carbocycles. The minimum atomic E-state index is -0.846. The molecular weight excluding hydrogens is 220 g/mol. The second kappa shape index (κ2) is 4.14. The van der Waals surface area contributed by atoms with Gasteiger partial charge in [-0.3, -0.25) is 0 Å². The SMILES string of the molecule is CC(C)(C)[C@]12CN(C(=O)O)CC[C@H]1NCCO2. The highest BCUT2D eigenvalue weighted by Gasteiger charge is 2.54. The number of fused-ring (bicyclic) bond motifs is 1. The molecule has 17 heavy (non-hydrogen) atoms. The van der Waals surface area contributed by atoms with E-state index in [0.29, 0.717) is 19.7 Å². The Morgan fingerprint density at radius 1 is 1.53 bits per heavy atom. The van der Waals surface area contributed by atoms with E-state index >= 15 is 0 Å². The Kier molecular flexibility index (Phi) is 3.08. The molecule has 0 spiro atoms. The summed E-state index contributed by atoms with van der Waals surface area (Å²) in [4.78, 5) is 12.6. The predicted octanol–water partition coefficient (Wildman–Crippen LogP) is 1.14. The van der Waals surface area contributed by atoms with Gasteiger partial charge in [0.25, 0.3) is 0 Å². The molecule has 0 radical (unpaired) electrons. The van der Waals surface area contributed by atoms with Gasteiger partial charge in [0.1, 0.15) is 5.60 Å². The van der Waals surface area contributed by atoms with Crippen molar-refractivity contribution in [3.63, 3.8) is 0 Å². The first-order chi connectivity index (χ1) is 7.87. The monoisotopic (exact) mass is 242 g/mol. The molecule has 2 N–H and O–H groups in total. The molecule has 5 heteroatoms. The van der Waals surface area contributed by atoms with Crippen molar-refractivity contribution >= 4 is 6.09 Å². The van der Waals surface area contributed by atoms with Crippen molar-refractivity contribution in [2.75, 3.05) is 26.2 Å². The molecule has 2 atom stereocenters. The number of amides is 1. The van der Waals surface area contributed by atoms with E-state index in [0.717, 1.165) is 13.0 Å². The van der Waals surface area contributed by atoms with Gasteiger partial charge in [0.05, 0.1) is 13.2 Å². The zero-order chi connectivity index (χ0) is 12.7. The zero-order valence-electron chi connectivity index (χ0n) is 10.8. The Hall–Kier alpha value is -0.810. The Morgan fingerprint density at radius 3 is 2.82 bits per heavy atom. The number of hydrogen-bond donors (Lipinski definition) is 2. The van der Waals surface area contributed by atoms with Crippen molar-refractivity contribution in [3.05, 3.63) is 0 Å². The van der Waals surface area contributed by atoms with E-state index in [1.54, 1.807) is 0 Å². The Morgan fingerprint density at radius 2 is 2.24 bits per heavy atom. The lowest BCUT2D eigenvalue weighted by Crippen LogP contribution is -2.71. The molecule has 2 aliphatic heterocycles. The van der Waals surface area contributed by atoms with Gasteiger partial charge >= 0.3 is 6.09 Å². The fourth-order valence-corrected chi connectivity index (χ4v) is 3.01. The van der Waals surface area contributed by atoms with E-state index in [1.165, 1.54) is 4.90 Å². The third-order valence-corrected chi connectivity index (χ3v) is 4.07. The molecule has 2 aliphatic rings. The molecule has 0 unspecified atom stereocenters. The van der Waals surface area contributed by atoms with E-state index in [2.05, 4.69) is 26.1 Å². The summed E-state index contributed by atoms with van der Waals surface area (Å²) in [6.45, 7) is 8.93. The van der Waals surface area contributed by atoms with Crippen LogP contribution in [0.2, 0.25) is 0 Å². The lowest BCUT2D eigenvalue weighted by molar-refractivity contribution is -0.183. The van der Waals surface area contributed by atoms with Crippen LogP contribution in [0.5, 0.6) is 0 Å². The van der Waals surface area contributed by atoms with Crippen LogP contribution in [-0.2, 0) is 4.74 Å². The van der Waals surface area contributed by atoms with Gasteiger partial charge in [0, 0.05) is 19.1 Å². The number of likely N-dealkylation sites (tertiary alicyclic amines) is 1. The summed E-state index contributed by atoms with van der Waals surface area (Å²) in [6.07, 6.45) is -0.0231. The number of piperidine rings is 1. The summed E-state index contributed by atoms with van der Waals surface area (Å²) in [5, 5.41) is 12.6. The van der Waals surface area contributed by atoms with Crippen LogP contribution in [0, 0.1) is 5.41 Å². The predicted molar refractivity (Wildman–Crippen MR) is 64.1 cm³/mol. The van der Waals surface area contributed by atoms with E-state index in [-0.39, 0.29) is 11.5 Å². The number of nitrogens with one attached hydrogen (secondary N) is 1. The van der Waals surface area contributed by atoms with Crippen LogP contribution in [-0.4, -0.2) is 54.0 Å². The maximum Gasteiger partial charge on any atom is 0.407 e. The number of morpholine rings is 1. The summed E-state index contributed by atoms with van der Waals surface area (Å²) < 4.78 is 6.05. The number of rotatable bonds is 0. The number of carboxylic acid groups (broad SMARTS) is 1. The van der Waals surface area contributed by atoms with Crippen LogP contribution < -0.4 is 5.32 Å². The van der Waals surface area contributed by atoms with Gasteiger partial charge in [-0.15, -0.1) is 0 Å². The fourth-order valence-electron chi connectivity index (χ4n) is 3.01. The summed E-state index contributed by atoms with van der Waals surface area (Å²) >= 11 is 0. The fraction of sp³-hybridized carbons (Fsp3) is 0.917. The van der Waals surface area contributed by atoms with E-state index in [9.17, 15) is 4.79 Å². The topological polar surface area (TPSA) is 61.8 Å². The van der Waals surface area contributed by atoms with Crippen molar-refractivity contribution in [1.29, 1.82) is 0 Å². The van der Waals surface area contributed by atoms with Crippen molar-refractivity contribution in [3.8, 4) is 0 Å². The minimum absolute atomic E-state index is 0.0841.